The number of likely N-dealkylation sites (tertiary alicyclic amines) is 1. The van der Waals surface area contributed by atoms with Crippen molar-refractivity contribution >= 4 is 29.9 Å². The Bertz CT molecular complexity index is 542. The number of aliphatic imine (C=N–C) groups is 1. The van der Waals surface area contributed by atoms with Gasteiger partial charge in [0.25, 0.3) is 0 Å². The summed E-state index contributed by atoms with van der Waals surface area (Å²) in [6.45, 7) is 9.87. The van der Waals surface area contributed by atoms with E-state index in [0.717, 1.165) is 36.3 Å². The molecule has 6 heteroatoms. The first kappa shape index (κ1) is 23.1. The van der Waals surface area contributed by atoms with Crippen molar-refractivity contribution in [2.75, 3.05) is 33.2 Å². The van der Waals surface area contributed by atoms with Crippen LogP contribution in [0.3, 0.4) is 0 Å². The van der Waals surface area contributed by atoms with Crippen LogP contribution < -0.4 is 10.6 Å². The average Bonchev–Trinajstić information content (AvgIpc) is 2.56. The molecule has 1 heterocycles. The van der Waals surface area contributed by atoms with Gasteiger partial charge in [-0.15, -0.1) is 24.0 Å². The Morgan fingerprint density at radius 3 is 2.58 bits per heavy atom. The second kappa shape index (κ2) is 12.5. The number of benzene rings is 1. The lowest BCUT2D eigenvalue weighted by molar-refractivity contribution is 0.139. The predicted octanol–water partition coefficient (Wildman–Crippen LogP) is 3.87. The lowest BCUT2D eigenvalue weighted by atomic mass is 9.92. The van der Waals surface area contributed by atoms with Crippen molar-refractivity contribution in [1.82, 2.24) is 15.5 Å². The molecule has 26 heavy (non-hydrogen) atoms. The van der Waals surface area contributed by atoms with Crippen LogP contribution in [-0.2, 0) is 6.54 Å². The normalized spacial score (nSPS) is 21.2. The van der Waals surface area contributed by atoms with Crippen LogP contribution >= 0.6 is 24.0 Å². The number of unbranched alkanes of at least 4 members (excludes halogenated alkanes) is 1. The summed E-state index contributed by atoms with van der Waals surface area (Å²) in [4.78, 5) is 6.83. The first-order chi connectivity index (χ1) is 12.1. The summed E-state index contributed by atoms with van der Waals surface area (Å²) in [5, 5.41) is 6.56. The van der Waals surface area contributed by atoms with E-state index in [4.69, 9.17) is 0 Å². The highest BCUT2D eigenvalue weighted by Crippen LogP contribution is 2.20. The minimum absolute atomic E-state index is 0. The molecule has 0 aliphatic carbocycles. The van der Waals surface area contributed by atoms with Gasteiger partial charge in [-0.05, 0) is 55.3 Å². The number of guanidine groups is 1. The van der Waals surface area contributed by atoms with Crippen LogP contribution in [0.25, 0.3) is 0 Å². The van der Waals surface area contributed by atoms with Crippen molar-refractivity contribution in [3.8, 4) is 0 Å². The molecule has 0 radical (unpaired) electrons. The maximum atomic E-state index is 13.2. The van der Waals surface area contributed by atoms with Gasteiger partial charge in [-0.25, -0.2) is 4.39 Å². The summed E-state index contributed by atoms with van der Waals surface area (Å²) < 4.78 is 13.2. The van der Waals surface area contributed by atoms with E-state index in [1.54, 1.807) is 19.2 Å². The summed E-state index contributed by atoms with van der Waals surface area (Å²) >= 11 is 0. The van der Waals surface area contributed by atoms with Crippen molar-refractivity contribution in [3.63, 3.8) is 0 Å². The molecular formula is C20H34FIN4. The second-order valence-electron chi connectivity index (χ2n) is 7.40. The molecular weight excluding hydrogens is 442 g/mol. The molecule has 4 nitrogen and oxygen atoms in total. The van der Waals surface area contributed by atoms with Gasteiger partial charge in [0.05, 0.1) is 0 Å². The monoisotopic (exact) mass is 476 g/mol. The minimum atomic E-state index is -0.205. The zero-order valence-electron chi connectivity index (χ0n) is 16.3. The molecule has 1 aromatic carbocycles. The summed E-state index contributed by atoms with van der Waals surface area (Å²) in [7, 11) is 1.76. The molecule has 0 spiro atoms. The fourth-order valence-electron chi connectivity index (χ4n) is 3.70. The van der Waals surface area contributed by atoms with Gasteiger partial charge >= 0.3 is 0 Å². The van der Waals surface area contributed by atoms with Crippen LogP contribution in [0.1, 0.15) is 38.7 Å². The number of halogens is 2. The fourth-order valence-corrected chi connectivity index (χ4v) is 3.70. The molecule has 1 fully saturated rings. The lowest BCUT2D eigenvalue weighted by Gasteiger charge is -2.34. The third-order valence-electron chi connectivity index (χ3n) is 4.71. The number of nitrogens with zero attached hydrogens (tertiary/aromatic N) is 2. The maximum absolute atomic E-state index is 13.2. The van der Waals surface area contributed by atoms with Crippen molar-refractivity contribution in [1.29, 1.82) is 0 Å². The quantitative estimate of drug-likeness (QED) is 0.272. The zero-order chi connectivity index (χ0) is 18.1. The van der Waals surface area contributed by atoms with E-state index in [1.165, 1.54) is 38.5 Å². The standard InChI is InChI=1S/C20H33FN4.HI/c1-16-11-17(2)15-25(14-16)10-5-4-9-23-20(22-3)24-13-18-7-6-8-19(21)12-18;/h6-8,12,16-17H,4-5,9-11,13-15H2,1-3H3,(H2,22,23,24);1H. The molecule has 1 aliphatic heterocycles. The van der Waals surface area contributed by atoms with Crippen LogP contribution in [0.15, 0.2) is 29.3 Å². The smallest absolute Gasteiger partial charge is 0.191 e. The van der Waals surface area contributed by atoms with Crippen LogP contribution in [0.4, 0.5) is 4.39 Å². The van der Waals surface area contributed by atoms with Gasteiger partial charge in [0.2, 0.25) is 0 Å². The molecule has 0 aromatic heterocycles. The Labute approximate surface area is 175 Å². The van der Waals surface area contributed by atoms with E-state index in [9.17, 15) is 4.39 Å². The summed E-state index contributed by atoms with van der Waals surface area (Å²) in [6, 6.07) is 6.64. The molecule has 2 rings (SSSR count). The second-order valence-corrected chi connectivity index (χ2v) is 7.40. The Kier molecular flexibility index (Phi) is 11.1. The van der Waals surface area contributed by atoms with E-state index in [-0.39, 0.29) is 29.8 Å². The van der Waals surface area contributed by atoms with Gasteiger partial charge < -0.3 is 15.5 Å². The molecule has 1 aliphatic rings. The molecule has 2 N–H and O–H groups in total. The molecule has 1 aromatic rings. The molecule has 0 saturated carbocycles. The number of nitrogens with one attached hydrogen (secondary N) is 2. The van der Waals surface area contributed by atoms with Crippen molar-refractivity contribution in [2.24, 2.45) is 16.8 Å². The average molecular weight is 476 g/mol. The van der Waals surface area contributed by atoms with Crippen LogP contribution in [0.2, 0.25) is 0 Å². The fraction of sp³-hybridized carbons (Fsp3) is 0.650. The highest BCUT2D eigenvalue weighted by molar-refractivity contribution is 14.0. The topological polar surface area (TPSA) is 39.7 Å². The lowest BCUT2D eigenvalue weighted by Crippen LogP contribution is -2.40. The number of hydrogen-bond donors (Lipinski definition) is 2. The number of rotatable bonds is 7. The summed E-state index contributed by atoms with van der Waals surface area (Å²) in [6.07, 6.45) is 3.69. The van der Waals surface area contributed by atoms with Crippen LogP contribution in [0, 0.1) is 17.7 Å². The molecule has 2 atom stereocenters. The van der Waals surface area contributed by atoms with Gasteiger partial charge in [-0.1, -0.05) is 26.0 Å². The summed E-state index contributed by atoms with van der Waals surface area (Å²) in [5.41, 5.74) is 0.913. The SMILES string of the molecule is CN=C(NCCCCN1CC(C)CC(C)C1)NCc1cccc(F)c1.I. The molecule has 2 unspecified atom stereocenters. The van der Waals surface area contributed by atoms with Crippen molar-refractivity contribution in [2.45, 2.75) is 39.7 Å². The minimum Gasteiger partial charge on any atom is -0.356 e. The van der Waals surface area contributed by atoms with Gasteiger partial charge in [0.1, 0.15) is 5.82 Å². The Hall–Kier alpha value is -0.890. The highest BCUT2D eigenvalue weighted by atomic mass is 127. The highest BCUT2D eigenvalue weighted by Gasteiger charge is 2.20. The predicted molar refractivity (Wildman–Crippen MR) is 119 cm³/mol. The van der Waals surface area contributed by atoms with Crippen molar-refractivity contribution in [3.05, 3.63) is 35.6 Å². The van der Waals surface area contributed by atoms with Crippen LogP contribution in [0.5, 0.6) is 0 Å². The Morgan fingerprint density at radius 1 is 1.19 bits per heavy atom. The Balaban J connectivity index is 0.00000338. The third-order valence-corrected chi connectivity index (χ3v) is 4.71. The molecule has 148 valence electrons. The van der Waals surface area contributed by atoms with E-state index >= 15 is 0 Å². The van der Waals surface area contributed by atoms with E-state index < -0.39 is 0 Å². The van der Waals surface area contributed by atoms with E-state index in [0.29, 0.717) is 6.54 Å². The summed E-state index contributed by atoms with van der Waals surface area (Å²) in [5.74, 6) is 2.22. The van der Waals surface area contributed by atoms with E-state index in [1.807, 2.05) is 6.07 Å². The zero-order valence-corrected chi connectivity index (χ0v) is 18.6. The first-order valence-corrected chi connectivity index (χ1v) is 9.48. The Morgan fingerprint density at radius 2 is 1.92 bits per heavy atom. The van der Waals surface area contributed by atoms with Gasteiger partial charge in [0, 0.05) is 33.2 Å². The number of piperidine rings is 1. The first-order valence-electron chi connectivity index (χ1n) is 9.48. The molecule has 0 bridgehead atoms. The van der Waals surface area contributed by atoms with Crippen LogP contribution in [-0.4, -0.2) is 44.1 Å². The molecule has 0 amide bonds. The van der Waals surface area contributed by atoms with Gasteiger partial charge in [0.15, 0.2) is 5.96 Å². The third kappa shape index (κ3) is 8.66. The molecule has 1 saturated heterocycles. The number of hydrogen-bond acceptors (Lipinski definition) is 2. The maximum Gasteiger partial charge on any atom is 0.191 e. The largest absolute Gasteiger partial charge is 0.356 e. The van der Waals surface area contributed by atoms with Crippen molar-refractivity contribution < 1.29 is 4.39 Å². The van der Waals surface area contributed by atoms with Gasteiger partial charge in [-0.3, -0.25) is 4.99 Å². The van der Waals surface area contributed by atoms with E-state index in [2.05, 4.69) is 34.4 Å². The van der Waals surface area contributed by atoms with Gasteiger partial charge in [-0.2, -0.15) is 0 Å².